The van der Waals surface area contributed by atoms with Gasteiger partial charge < -0.3 is 10.8 Å². The van der Waals surface area contributed by atoms with E-state index in [1.165, 1.54) is 11.1 Å². The van der Waals surface area contributed by atoms with E-state index in [4.69, 9.17) is 10.8 Å². The summed E-state index contributed by atoms with van der Waals surface area (Å²) in [5.41, 5.74) is 11.3. The highest BCUT2D eigenvalue weighted by Gasteiger charge is 2.31. The minimum absolute atomic E-state index is 0.0319. The molecule has 4 rings (SSSR count). The molecule has 0 radical (unpaired) electrons. The fourth-order valence-electron chi connectivity index (χ4n) is 3.91. The summed E-state index contributed by atoms with van der Waals surface area (Å²) in [6.07, 6.45) is 2.53. The Morgan fingerprint density at radius 3 is 2.44 bits per heavy atom. The quantitative estimate of drug-likeness (QED) is 0.852. The lowest BCUT2D eigenvalue weighted by Gasteiger charge is -2.20. The average Bonchev–Trinajstić information content (AvgIpc) is 3.23. The summed E-state index contributed by atoms with van der Waals surface area (Å²) in [5, 5.41) is 8.78. The third-order valence-corrected chi connectivity index (χ3v) is 5.45. The van der Waals surface area contributed by atoms with Crippen LogP contribution >= 0.6 is 0 Å². The van der Waals surface area contributed by atoms with Gasteiger partial charge in [-0.15, -0.1) is 0 Å². The molecule has 1 heterocycles. The number of aliphatic carboxylic acids is 1. The van der Waals surface area contributed by atoms with Crippen LogP contribution in [0.3, 0.4) is 0 Å². The second-order valence-corrected chi connectivity index (χ2v) is 7.17. The summed E-state index contributed by atoms with van der Waals surface area (Å²) in [4.78, 5) is 27.2. The molecule has 2 aromatic carbocycles. The maximum Gasteiger partial charge on any atom is 0.329 e. The van der Waals surface area contributed by atoms with E-state index in [0.717, 1.165) is 29.8 Å². The first-order valence-corrected chi connectivity index (χ1v) is 9.31. The molecule has 1 fully saturated rings. The summed E-state index contributed by atoms with van der Waals surface area (Å²) in [7, 11) is 0. The van der Waals surface area contributed by atoms with Crippen molar-refractivity contribution in [3.8, 4) is 0 Å². The second kappa shape index (κ2) is 7.04. The summed E-state index contributed by atoms with van der Waals surface area (Å²) in [6.45, 7) is 1.27. The minimum Gasteiger partial charge on any atom is -0.481 e. The van der Waals surface area contributed by atoms with Crippen LogP contribution in [-0.2, 0) is 17.6 Å². The van der Waals surface area contributed by atoms with Crippen molar-refractivity contribution in [2.75, 3.05) is 22.9 Å². The number of anilines is 2. The Morgan fingerprint density at radius 1 is 1.07 bits per heavy atom. The molecule has 6 nitrogen and oxygen atoms in total. The number of carbonyl (C=O) groups excluding carboxylic acids is 1. The van der Waals surface area contributed by atoms with Crippen LogP contribution in [0, 0.1) is 0 Å². The zero-order chi connectivity index (χ0) is 19.0. The number of fused-ring (bicyclic) bond motifs is 1. The minimum atomic E-state index is -0.806. The summed E-state index contributed by atoms with van der Waals surface area (Å²) >= 11 is 0. The number of urea groups is 1. The second-order valence-electron chi connectivity index (χ2n) is 7.17. The Labute approximate surface area is 158 Å². The summed E-state index contributed by atoms with van der Waals surface area (Å²) < 4.78 is 0. The molecule has 1 aliphatic carbocycles. The van der Waals surface area contributed by atoms with Gasteiger partial charge in [-0.2, -0.15) is 0 Å². The van der Waals surface area contributed by atoms with Crippen molar-refractivity contribution >= 4 is 23.4 Å². The Kier molecular flexibility index (Phi) is 4.58. The van der Waals surface area contributed by atoms with Gasteiger partial charge in [-0.25, -0.2) is 4.79 Å². The maximum atomic E-state index is 12.9. The fourth-order valence-corrected chi connectivity index (χ4v) is 3.91. The Hall–Kier alpha value is -2.86. The number of nitrogens with zero attached hydrogens (tertiary/aromatic N) is 2. The Bertz CT molecular complexity index is 879. The number of carboxylic acids is 1. The van der Waals surface area contributed by atoms with Crippen molar-refractivity contribution in [2.24, 2.45) is 5.73 Å². The van der Waals surface area contributed by atoms with E-state index in [2.05, 4.69) is 12.1 Å². The van der Waals surface area contributed by atoms with E-state index in [1.54, 1.807) is 4.90 Å². The van der Waals surface area contributed by atoms with Gasteiger partial charge in [-0.05, 0) is 60.2 Å². The fraction of sp³-hybridized carbons (Fsp3) is 0.333. The van der Waals surface area contributed by atoms with E-state index >= 15 is 0 Å². The number of amides is 2. The first kappa shape index (κ1) is 17.5. The molecule has 3 N–H and O–H groups in total. The molecule has 0 saturated carbocycles. The Morgan fingerprint density at radius 2 is 1.74 bits per heavy atom. The van der Waals surface area contributed by atoms with Gasteiger partial charge in [0.2, 0.25) is 0 Å². The number of hydrogen-bond acceptors (Lipinski definition) is 3. The topological polar surface area (TPSA) is 86.9 Å². The van der Waals surface area contributed by atoms with Gasteiger partial charge in [0.25, 0.3) is 0 Å². The summed E-state index contributed by atoms with van der Waals surface area (Å²) in [5.74, 6) is -0.806. The van der Waals surface area contributed by atoms with Crippen molar-refractivity contribution in [2.45, 2.75) is 31.7 Å². The van der Waals surface area contributed by atoms with Crippen LogP contribution < -0.4 is 15.5 Å². The number of carboxylic acid groups (broad SMARTS) is 1. The molecule has 27 heavy (non-hydrogen) atoms. The molecule has 6 heteroatoms. The number of hydrogen-bond donors (Lipinski definition) is 2. The lowest BCUT2D eigenvalue weighted by molar-refractivity contribution is -0.136. The molecule has 0 spiro atoms. The molecule has 0 aromatic heterocycles. The predicted molar refractivity (Wildman–Crippen MR) is 104 cm³/mol. The number of rotatable bonds is 5. The SMILES string of the molecule is NC1CCc2cc(N3CCN(c4ccc(CCC(=O)O)cc4)C3=O)ccc21. The van der Waals surface area contributed by atoms with E-state index in [1.807, 2.05) is 35.2 Å². The van der Waals surface area contributed by atoms with Crippen molar-refractivity contribution in [3.63, 3.8) is 0 Å². The van der Waals surface area contributed by atoms with Crippen molar-refractivity contribution in [1.82, 2.24) is 0 Å². The highest BCUT2D eigenvalue weighted by molar-refractivity contribution is 6.06. The zero-order valence-corrected chi connectivity index (χ0v) is 15.1. The van der Waals surface area contributed by atoms with Crippen LogP contribution in [0.5, 0.6) is 0 Å². The van der Waals surface area contributed by atoms with Crippen LogP contribution in [-0.4, -0.2) is 30.2 Å². The predicted octanol–water partition coefficient (Wildman–Crippen LogP) is 3.10. The molecule has 2 amide bonds. The molecule has 0 bridgehead atoms. The van der Waals surface area contributed by atoms with Crippen LogP contribution in [0.25, 0.3) is 0 Å². The first-order valence-electron chi connectivity index (χ1n) is 9.31. The summed E-state index contributed by atoms with van der Waals surface area (Å²) in [6, 6.07) is 13.8. The van der Waals surface area contributed by atoms with Gasteiger partial charge in [0.15, 0.2) is 0 Å². The highest BCUT2D eigenvalue weighted by atomic mass is 16.4. The van der Waals surface area contributed by atoms with Crippen LogP contribution in [0.15, 0.2) is 42.5 Å². The van der Waals surface area contributed by atoms with Gasteiger partial charge >= 0.3 is 12.0 Å². The van der Waals surface area contributed by atoms with Crippen molar-refractivity contribution in [1.29, 1.82) is 0 Å². The molecule has 1 unspecified atom stereocenters. The Balaban J connectivity index is 1.48. The maximum absolute atomic E-state index is 12.9. The van der Waals surface area contributed by atoms with Crippen LogP contribution in [0.4, 0.5) is 16.2 Å². The molecule has 2 aliphatic rings. The van der Waals surface area contributed by atoms with E-state index < -0.39 is 5.97 Å². The molecular formula is C21H23N3O3. The monoisotopic (exact) mass is 365 g/mol. The average molecular weight is 365 g/mol. The molecule has 1 aliphatic heterocycles. The lowest BCUT2D eigenvalue weighted by Crippen LogP contribution is -2.31. The van der Waals surface area contributed by atoms with Gasteiger partial charge in [-0.1, -0.05) is 18.2 Å². The number of benzene rings is 2. The van der Waals surface area contributed by atoms with E-state index in [9.17, 15) is 9.59 Å². The van der Waals surface area contributed by atoms with Crippen LogP contribution in [0.2, 0.25) is 0 Å². The van der Waals surface area contributed by atoms with Gasteiger partial charge in [0.05, 0.1) is 0 Å². The third-order valence-electron chi connectivity index (χ3n) is 5.45. The highest BCUT2D eigenvalue weighted by Crippen LogP contribution is 2.33. The first-order chi connectivity index (χ1) is 13.0. The molecule has 140 valence electrons. The van der Waals surface area contributed by atoms with Gasteiger partial charge in [-0.3, -0.25) is 14.6 Å². The number of carbonyl (C=O) groups is 2. The third kappa shape index (κ3) is 3.40. The molecule has 1 atom stereocenters. The van der Waals surface area contributed by atoms with E-state index in [-0.39, 0.29) is 18.5 Å². The largest absolute Gasteiger partial charge is 0.481 e. The molecule has 1 saturated heterocycles. The van der Waals surface area contributed by atoms with Crippen LogP contribution in [0.1, 0.15) is 35.6 Å². The lowest BCUT2D eigenvalue weighted by atomic mass is 10.1. The van der Waals surface area contributed by atoms with Crippen molar-refractivity contribution in [3.05, 3.63) is 59.2 Å². The molecule has 2 aromatic rings. The normalized spacial score (nSPS) is 18.9. The molecular weight excluding hydrogens is 342 g/mol. The number of aryl methyl sites for hydroxylation is 2. The standard InChI is InChI=1S/C21H23N3O3/c22-19-9-4-15-13-17(7-8-18(15)19)24-12-11-23(21(24)27)16-5-1-14(2-6-16)3-10-20(25)26/h1-2,5-8,13,19H,3-4,9-12,22H2,(H,25,26). The van der Waals surface area contributed by atoms with Gasteiger partial charge in [0.1, 0.15) is 0 Å². The van der Waals surface area contributed by atoms with E-state index in [0.29, 0.717) is 19.5 Å². The smallest absolute Gasteiger partial charge is 0.329 e. The van der Waals surface area contributed by atoms with Gasteiger partial charge in [0, 0.05) is 36.9 Å². The zero-order valence-electron chi connectivity index (χ0n) is 15.1. The van der Waals surface area contributed by atoms with Crippen molar-refractivity contribution < 1.29 is 14.7 Å². The number of nitrogens with two attached hydrogens (primary N) is 1.